The zero-order valence-corrected chi connectivity index (χ0v) is 10.1. The summed E-state index contributed by atoms with van der Waals surface area (Å²) in [5.74, 6) is 7.34. The summed E-state index contributed by atoms with van der Waals surface area (Å²) in [6.07, 6.45) is 0. The molecule has 0 bridgehead atoms. The van der Waals surface area contributed by atoms with E-state index in [1.807, 2.05) is 32.0 Å². The molecule has 0 aliphatic heterocycles. The molecule has 1 aromatic carbocycles. The van der Waals surface area contributed by atoms with E-state index in [-0.39, 0.29) is 0 Å². The van der Waals surface area contributed by atoms with Crippen molar-refractivity contribution in [2.24, 2.45) is 5.73 Å². The number of hydrogen-bond donors (Lipinski definition) is 1. The van der Waals surface area contributed by atoms with Crippen molar-refractivity contribution in [2.75, 3.05) is 14.2 Å². The number of hydrogen-bond acceptors (Lipinski definition) is 3. The van der Waals surface area contributed by atoms with Crippen LogP contribution in [0.3, 0.4) is 0 Å². The fourth-order valence-electron chi connectivity index (χ4n) is 1.20. The highest BCUT2D eigenvalue weighted by Crippen LogP contribution is 2.27. The molecule has 0 amide bonds. The van der Waals surface area contributed by atoms with Gasteiger partial charge < -0.3 is 15.2 Å². The molecule has 86 valence electrons. The van der Waals surface area contributed by atoms with Gasteiger partial charge in [0.2, 0.25) is 0 Å². The van der Waals surface area contributed by atoms with E-state index >= 15 is 0 Å². The minimum absolute atomic E-state index is 0.536. The molecule has 0 unspecified atom stereocenters. The van der Waals surface area contributed by atoms with E-state index in [4.69, 9.17) is 15.2 Å². The maximum Gasteiger partial charge on any atom is 0.138 e. The van der Waals surface area contributed by atoms with Gasteiger partial charge in [-0.1, -0.05) is 17.9 Å². The summed E-state index contributed by atoms with van der Waals surface area (Å²) in [5.41, 5.74) is 6.00. The molecule has 1 rings (SSSR count). The van der Waals surface area contributed by atoms with Crippen molar-refractivity contribution in [3.63, 3.8) is 0 Å². The van der Waals surface area contributed by atoms with Gasteiger partial charge in [0.1, 0.15) is 17.1 Å². The van der Waals surface area contributed by atoms with Crippen LogP contribution in [0.25, 0.3) is 0 Å². The number of benzene rings is 1. The van der Waals surface area contributed by atoms with Crippen molar-refractivity contribution in [1.29, 1.82) is 0 Å². The first-order valence-electron chi connectivity index (χ1n) is 5.01. The second-order valence-corrected chi connectivity index (χ2v) is 4.01. The SMILES string of the molecule is COc1cccc(OC)c1C#CC(C)(C)N. The molecule has 0 heterocycles. The van der Waals surface area contributed by atoms with Crippen molar-refractivity contribution < 1.29 is 9.47 Å². The molecular formula is C13H17NO2. The Morgan fingerprint density at radius 2 is 1.62 bits per heavy atom. The maximum atomic E-state index is 5.81. The fraction of sp³-hybridized carbons (Fsp3) is 0.385. The van der Waals surface area contributed by atoms with Crippen LogP contribution in [-0.2, 0) is 0 Å². The van der Waals surface area contributed by atoms with Gasteiger partial charge in [0.15, 0.2) is 0 Å². The molecule has 0 fully saturated rings. The van der Waals surface area contributed by atoms with E-state index in [9.17, 15) is 0 Å². The first-order valence-corrected chi connectivity index (χ1v) is 5.01. The van der Waals surface area contributed by atoms with Gasteiger partial charge in [0.05, 0.1) is 19.8 Å². The van der Waals surface area contributed by atoms with Crippen molar-refractivity contribution in [3.05, 3.63) is 23.8 Å². The Morgan fingerprint density at radius 3 is 2.00 bits per heavy atom. The molecule has 3 nitrogen and oxygen atoms in total. The van der Waals surface area contributed by atoms with E-state index in [2.05, 4.69) is 11.8 Å². The molecule has 3 heteroatoms. The van der Waals surface area contributed by atoms with Crippen LogP contribution in [0, 0.1) is 11.8 Å². The van der Waals surface area contributed by atoms with E-state index in [1.54, 1.807) is 14.2 Å². The minimum Gasteiger partial charge on any atom is -0.495 e. The van der Waals surface area contributed by atoms with Gasteiger partial charge >= 0.3 is 0 Å². The predicted molar refractivity (Wildman–Crippen MR) is 64.7 cm³/mol. The first-order chi connectivity index (χ1) is 7.48. The lowest BCUT2D eigenvalue weighted by molar-refractivity contribution is 0.392. The third kappa shape index (κ3) is 3.18. The van der Waals surface area contributed by atoms with Crippen LogP contribution >= 0.6 is 0 Å². The molecular weight excluding hydrogens is 202 g/mol. The Balaban J connectivity index is 3.23. The highest BCUT2D eigenvalue weighted by Gasteiger charge is 2.09. The molecule has 0 aliphatic carbocycles. The summed E-state index contributed by atoms with van der Waals surface area (Å²) in [5, 5.41) is 0. The number of rotatable bonds is 2. The van der Waals surface area contributed by atoms with E-state index in [0.717, 1.165) is 5.56 Å². The van der Waals surface area contributed by atoms with E-state index < -0.39 is 5.54 Å². The zero-order valence-electron chi connectivity index (χ0n) is 10.1. The Kier molecular flexibility index (Phi) is 3.81. The Labute approximate surface area is 96.6 Å². The van der Waals surface area contributed by atoms with Gasteiger partial charge in [-0.2, -0.15) is 0 Å². The highest BCUT2D eigenvalue weighted by atomic mass is 16.5. The summed E-state index contributed by atoms with van der Waals surface area (Å²) in [6, 6.07) is 5.54. The number of ether oxygens (including phenoxy) is 2. The van der Waals surface area contributed by atoms with Crippen LogP contribution in [0.2, 0.25) is 0 Å². The molecule has 2 N–H and O–H groups in total. The number of nitrogens with two attached hydrogens (primary N) is 1. The fourth-order valence-corrected chi connectivity index (χ4v) is 1.20. The molecule has 0 aliphatic rings. The quantitative estimate of drug-likeness (QED) is 0.771. The average molecular weight is 219 g/mol. The Hall–Kier alpha value is -1.66. The van der Waals surface area contributed by atoms with Gasteiger partial charge in [0, 0.05) is 0 Å². The Morgan fingerprint density at radius 1 is 1.12 bits per heavy atom. The molecule has 0 aromatic heterocycles. The van der Waals surface area contributed by atoms with Crippen molar-refractivity contribution >= 4 is 0 Å². The van der Waals surface area contributed by atoms with Gasteiger partial charge in [-0.15, -0.1) is 0 Å². The molecule has 16 heavy (non-hydrogen) atoms. The predicted octanol–water partition coefficient (Wildman–Crippen LogP) is 1.79. The van der Waals surface area contributed by atoms with Crippen LogP contribution in [-0.4, -0.2) is 19.8 Å². The standard InChI is InChI=1S/C13H17NO2/c1-13(2,14)9-8-10-11(15-3)6-5-7-12(10)16-4/h5-7H,14H2,1-4H3. The van der Waals surface area contributed by atoms with E-state index in [1.165, 1.54) is 0 Å². The summed E-state index contributed by atoms with van der Waals surface area (Å²) in [7, 11) is 3.21. The third-order valence-corrected chi connectivity index (χ3v) is 1.94. The van der Waals surface area contributed by atoms with Crippen molar-refractivity contribution in [2.45, 2.75) is 19.4 Å². The summed E-state index contributed by atoms with van der Waals surface area (Å²) in [4.78, 5) is 0. The lowest BCUT2D eigenvalue weighted by atomic mass is 10.1. The molecule has 0 radical (unpaired) electrons. The minimum atomic E-state index is -0.536. The smallest absolute Gasteiger partial charge is 0.138 e. The van der Waals surface area contributed by atoms with Crippen LogP contribution in [0.15, 0.2) is 18.2 Å². The van der Waals surface area contributed by atoms with Gasteiger partial charge in [-0.05, 0) is 26.0 Å². The number of methoxy groups -OCH3 is 2. The zero-order chi connectivity index (χ0) is 12.2. The van der Waals surface area contributed by atoms with Gasteiger partial charge in [-0.25, -0.2) is 0 Å². The first kappa shape index (κ1) is 12.4. The second-order valence-electron chi connectivity index (χ2n) is 4.01. The van der Waals surface area contributed by atoms with Crippen LogP contribution < -0.4 is 15.2 Å². The molecule has 0 saturated carbocycles. The summed E-state index contributed by atoms with van der Waals surface area (Å²) in [6.45, 7) is 3.70. The molecule has 0 saturated heterocycles. The topological polar surface area (TPSA) is 44.5 Å². The van der Waals surface area contributed by atoms with Gasteiger partial charge in [0.25, 0.3) is 0 Å². The summed E-state index contributed by atoms with van der Waals surface area (Å²) < 4.78 is 10.5. The Bertz CT molecular complexity index is 400. The monoisotopic (exact) mass is 219 g/mol. The van der Waals surface area contributed by atoms with E-state index in [0.29, 0.717) is 11.5 Å². The van der Waals surface area contributed by atoms with Crippen LogP contribution in [0.1, 0.15) is 19.4 Å². The maximum absolute atomic E-state index is 5.81. The lowest BCUT2D eigenvalue weighted by Crippen LogP contribution is -2.29. The van der Waals surface area contributed by atoms with Crippen molar-refractivity contribution in [1.82, 2.24) is 0 Å². The van der Waals surface area contributed by atoms with Crippen LogP contribution in [0.5, 0.6) is 11.5 Å². The lowest BCUT2D eigenvalue weighted by Gasteiger charge is -2.10. The largest absolute Gasteiger partial charge is 0.495 e. The molecule has 0 spiro atoms. The third-order valence-electron chi connectivity index (χ3n) is 1.94. The van der Waals surface area contributed by atoms with Gasteiger partial charge in [-0.3, -0.25) is 0 Å². The highest BCUT2D eigenvalue weighted by molar-refractivity contribution is 5.55. The summed E-state index contributed by atoms with van der Waals surface area (Å²) >= 11 is 0. The molecule has 0 atom stereocenters. The molecule has 1 aromatic rings. The normalized spacial score (nSPS) is 10.3. The van der Waals surface area contributed by atoms with Crippen LogP contribution in [0.4, 0.5) is 0 Å². The van der Waals surface area contributed by atoms with Crippen molar-refractivity contribution in [3.8, 4) is 23.3 Å². The average Bonchev–Trinajstić information content (AvgIpc) is 2.24. The second kappa shape index (κ2) is 4.91.